The Labute approximate surface area is 208 Å². The molecule has 7 N–H and O–H groups in total. The number of ether oxygens (including phenoxy) is 1. The lowest BCUT2D eigenvalue weighted by atomic mass is 9.98. The average Bonchev–Trinajstić information content (AvgIpc) is 2.82. The predicted molar refractivity (Wildman–Crippen MR) is 121 cm³/mol. The molecule has 17 nitrogen and oxygen atoms in total. The molecule has 2 aliphatic heterocycles. The van der Waals surface area contributed by atoms with Crippen LogP contribution in [0.25, 0.3) is 0 Å². The first-order chi connectivity index (χ1) is 17.2. The number of rotatable bonds is 9. The van der Waals surface area contributed by atoms with E-state index in [9.17, 15) is 34.3 Å². The van der Waals surface area contributed by atoms with Gasteiger partial charge in [0.1, 0.15) is 18.3 Å². The van der Waals surface area contributed by atoms with Gasteiger partial charge in [0.25, 0.3) is 5.91 Å². The summed E-state index contributed by atoms with van der Waals surface area (Å²) in [5.41, 5.74) is -0.527. The summed E-state index contributed by atoms with van der Waals surface area (Å²) in [4.78, 5) is 68.8. The van der Waals surface area contributed by atoms with Gasteiger partial charge in [-0.15, -0.1) is 4.89 Å². The Balaban J connectivity index is 2.04. The number of carbonyl (C=O) groups excluding carboxylic acids is 3. The monoisotopic (exact) mass is 548 g/mol. The van der Waals surface area contributed by atoms with Gasteiger partial charge in [0.2, 0.25) is 0 Å². The van der Waals surface area contributed by atoms with E-state index in [4.69, 9.17) is 14.7 Å². The molecule has 0 saturated heterocycles. The number of phosphoric acid groups is 1. The fraction of sp³-hybridized carbons (Fsp3) is 0.474. The fourth-order valence-corrected chi connectivity index (χ4v) is 3.86. The van der Waals surface area contributed by atoms with Gasteiger partial charge in [-0.1, -0.05) is 0 Å². The molecule has 204 valence electrons. The van der Waals surface area contributed by atoms with Crippen molar-refractivity contribution in [2.75, 3.05) is 30.5 Å². The standard InChI is InChI=1S/C19H25N4O13P/c1-8-4-10-11(5-9(8)2)23(6-12(24)14(26)13(25)7-34-37(30,31)32)15-19(22-10,36-35-18(29)33-3)16(27)21-17(28)20-15/h4-5,12-14,22,24-26H,6-7H2,1-3H3,(H,21,27,28)(H2,30,31,32)/t12-,13+,14-,19-/m0/s1. The van der Waals surface area contributed by atoms with E-state index in [1.165, 1.54) is 0 Å². The largest absolute Gasteiger partial charge is 0.540 e. The van der Waals surface area contributed by atoms with Gasteiger partial charge in [-0.3, -0.25) is 19.5 Å². The Kier molecular flexibility index (Phi) is 8.21. The summed E-state index contributed by atoms with van der Waals surface area (Å²) in [5.74, 6) is -1.65. The normalized spacial score (nSPS) is 21.5. The number of amides is 3. The number of imide groups is 1. The zero-order valence-electron chi connectivity index (χ0n) is 19.6. The fourth-order valence-electron chi connectivity index (χ4n) is 3.52. The number of benzene rings is 1. The molecule has 0 fully saturated rings. The SMILES string of the molecule is COC(=O)OO[C@@]12Nc3cc(C)c(C)cc3N(C[C@H](O)[C@H](O)[C@H](O)COP(=O)(O)O)C1=NC(=O)NC2=O. The summed E-state index contributed by atoms with van der Waals surface area (Å²) >= 11 is 0. The van der Waals surface area contributed by atoms with Crippen LogP contribution in [0.3, 0.4) is 0 Å². The molecule has 0 unspecified atom stereocenters. The molecule has 37 heavy (non-hydrogen) atoms. The highest BCUT2D eigenvalue weighted by atomic mass is 31.2. The van der Waals surface area contributed by atoms with Gasteiger partial charge in [0.05, 0.1) is 31.6 Å². The summed E-state index contributed by atoms with van der Waals surface area (Å²) in [6, 6.07) is 2.07. The minimum Gasteiger partial charge on any atom is -0.436 e. The number of β-amino-alcohol motifs (C(OH)–C–C–N with tert-alkyl or cyclic N) is 1. The molecular formula is C19H25N4O13P. The van der Waals surface area contributed by atoms with E-state index in [0.717, 1.165) is 23.1 Å². The number of nitrogens with one attached hydrogen (secondary N) is 2. The van der Waals surface area contributed by atoms with Crippen LogP contribution in [0.1, 0.15) is 11.1 Å². The lowest BCUT2D eigenvalue weighted by Crippen LogP contribution is -2.70. The second kappa shape index (κ2) is 10.7. The Morgan fingerprint density at radius 3 is 2.43 bits per heavy atom. The van der Waals surface area contributed by atoms with Gasteiger partial charge in [-0.25, -0.2) is 14.2 Å². The van der Waals surface area contributed by atoms with E-state index in [2.05, 4.69) is 24.5 Å². The van der Waals surface area contributed by atoms with E-state index >= 15 is 0 Å². The number of aliphatic imine (C=N–C) groups is 1. The van der Waals surface area contributed by atoms with E-state index in [-0.39, 0.29) is 11.4 Å². The third-order valence-corrected chi connectivity index (χ3v) is 5.99. The topological polar surface area (TPSA) is 246 Å². The number of aliphatic hydroxyl groups excluding tert-OH is 3. The maximum absolute atomic E-state index is 13.0. The van der Waals surface area contributed by atoms with Crippen molar-refractivity contribution in [3.8, 4) is 0 Å². The maximum atomic E-state index is 13.0. The van der Waals surface area contributed by atoms with Crippen LogP contribution in [0.2, 0.25) is 0 Å². The molecule has 2 aliphatic rings. The second-order valence-corrected chi connectivity index (χ2v) is 9.34. The highest BCUT2D eigenvalue weighted by Gasteiger charge is 2.57. The maximum Gasteiger partial charge on any atom is 0.540 e. The first kappa shape index (κ1) is 28.4. The van der Waals surface area contributed by atoms with Crippen LogP contribution in [0, 0.1) is 13.8 Å². The van der Waals surface area contributed by atoms with Crippen LogP contribution in [0.5, 0.6) is 0 Å². The average molecular weight is 548 g/mol. The van der Waals surface area contributed by atoms with Gasteiger partial charge in [0, 0.05) is 0 Å². The number of anilines is 2. The zero-order valence-corrected chi connectivity index (χ0v) is 20.5. The lowest BCUT2D eigenvalue weighted by molar-refractivity contribution is -0.290. The van der Waals surface area contributed by atoms with E-state index in [0.29, 0.717) is 0 Å². The summed E-state index contributed by atoms with van der Waals surface area (Å²) in [6.45, 7) is 1.83. The van der Waals surface area contributed by atoms with Gasteiger partial charge in [-0.2, -0.15) is 4.99 Å². The Bertz CT molecular complexity index is 1170. The summed E-state index contributed by atoms with van der Waals surface area (Å²) in [5, 5.41) is 35.7. The summed E-state index contributed by atoms with van der Waals surface area (Å²) in [7, 11) is -4.00. The smallest absolute Gasteiger partial charge is 0.436 e. The quantitative estimate of drug-likeness (QED) is 0.0828. The lowest BCUT2D eigenvalue weighted by Gasteiger charge is -2.45. The van der Waals surface area contributed by atoms with Crippen molar-refractivity contribution in [1.82, 2.24) is 5.32 Å². The predicted octanol–water partition coefficient (Wildman–Crippen LogP) is -1.21. The third kappa shape index (κ3) is 6.06. The number of hydrogen-bond acceptors (Lipinski definition) is 13. The molecule has 0 radical (unpaired) electrons. The highest BCUT2D eigenvalue weighted by Crippen LogP contribution is 2.40. The zero-order chi connectivity index (χ0) is 27.7. The molecule has 0 spiro atoms. The van der Waals surface area contributed by atoms with Crippen LogP contribution in [0.4, 0.5) is 21.0 Å². The number of methoxy groups -OCH3 is 1. The van der Waals surface area contributed by atoms with Crippen molar-refractivity contribution in [2.45, 2.75) is 37.9 Å². The van der Waals surface area contributed by atoms with Crippen molar-refractivity contribution >= 4 is 43.1 Å². The Hall–Kier alpha value is -3.15. The van der Waals surface area contributed by atoms with Gasteiger partial charge in [0.15, 0.2) is 5.84 Å². The van der Waals surface area contributed by atoms with Crippen molar-refractivity contribution in [3.05, 3.63) is 23.3 Å². The van der Waals surface area contributed by atoms with E-state index in [1.54, 1.807) is 26.0 Å². The first-order valence-corrected chi connectivity index (χ1v) is 12.0. The van der Waals surface area contributed by atoms with Crippen molar-refractivity contribution in [3.63, 3.8) is 0 Å². The number of carbonyl (C=O) groups is 3. The molecule has 4 atom stereocenters. The molecule has 0 aliphatic carbocycles. The summed E-state index contributed by atoms with van der Waals surface area (Å²) in [6.07, 6.45) is -7.19. The molecule has 18 heteroatoms. The minimum absolute atomic E-state index is 0.201. The van der Waals surface area contributed by atoms with E-state index < -0.39 is 68.9 Å². The number of fused-ring (bicyclic) bond motifs is 2. The van der Waals surface area contributed by atoms with Crippen LogP contribution >= 0.6 is 7.82 Å². The Morgan fingerprint density at radius 1 is 1.16 bits per heavy atom. The number of aryl methyl sites for hydroxylation is 2. The molecule has 0 bridgehead atoms. The molecule has 0 saturated carbocycles. The van der Waals surface area contributed by atoms with Gasteiger partial charge in [-0.05, 0) is 37.1 Å². The number of nitrogens with zero attached hydrogens (tertiary/aromatic N) is 2. The van der Waals surface area contributed by atoms with Crippen LogP contribution in [-0.2, 0) is 28.4 Å². The van der Waals surface area contributed by atoms with Crippen LogP contribution in [0.15, 0.2) is 17.1 Å². The molecule has 3 rings (SSSR count). The highest BCUT2D eigenvalue weighted by molar-refractivity contribution is 7.46. The Morgan fingerprint density at radius 2 is 1.81 bits per heavy atom. The molecule has 1 aromatic carbocycles. The van der Waals surface area contributed by atoms with Crippen LogP contribution < -0.4 is 15.5 Å². The number of hydrogen-bond donors (Lipinski definition) is 7. The molecule has 2 heterocycles. The number of aliphatic hydroxyl groups is 3. The van der Waals surface area contributed by atoms with Crippen molar-refractivity contribution in [2.24, 2.45) is 4.99 Å². The molecule has 3 amide bonds. The number of phosphoric ester groups is 1. The molecule has 1 aromatic rings. The van der Waals surface area contributed by atoms with Gasteiger partial charge < -0.3 is 40.1 Å². The minimum atomic E-state index is -4.98. The molecular weight excluding hydrogens is 523 g/mol. The second-order valence-electron chi connectivity index (χ2n) is 8.10. The number of amidine groups is 1. The molecule has 0 aromatic heterocycles. The van der Waals surface area contributed by atoms with Gasteiger partial charge >= 0.3 is 25.7 Å². The first-order valence-electron chi connectivity index (χ1n) is 10.5. The van der Waals surface area contributed by atoms with E-state index in [1.807, 2.05) is 5.32 Å². The van der Waals surface area contributed by atoms with Crippen molar-refractivity contribution in [1.29, 1.82) is 0 Å². The third-order valence-electron chi connectivity index (χ3n) is 5.50. The van der Waals surface area contributed by atoms with Crippen LogP contribution in [-0.4, -0.2) is 93.3 Å². The number of urea groups is 1. The summed E-state index contributed by atoms with van der Waals surface area (Å²) < 4.78 is 19.4. The van der Waals surface area contributed by atoms with Crippen molar-refractivity contribution < 1.29 is 63.1 Å².